The van der Waals surface area contributed by atoms with E-state index in [2.05, 4.69) is 21.3 Å². The third kappa shape index (κ3) is 26.5. The van der Waals surface area contributed by atoms with Gasteiger partial charge in [-0.05, 0) is 130 Å². The maximum atomic E-state index is 13.7. The smallest absolute Gasteiger partial charge is 0.333 e. The van der Waals surface area contributed by atoms with Crippen LogP contribution in [0.5, 0.6) is 0 Å². The zero-order valence-electron chi connectivity index (χ0n) is 53.9. The van der Waals surface area contributed by atoms with Crippen molar-refractivity contribution in [2.24, 2.45) is 0 Å². The number of fused-ring (bicyclic) bond motifs is 4. The van der Waals surface area contributed by atoms with Crippen molar-refractivity contribution in [3.63, 3.8) is 0 Å². The van der Waals surface area contributed by atoms with Gasteiger partial charge in [0, 0.05) is 80.8 Å². The lowest BCUT2D eigenvalue weighted by molar-refractivity contribution is -0.197. The molecule has 0 spiro atoms. The highest BCUT2D eigenvalue weighted by Crippen LogP contribution is 2.51. The molecule has 4 unspecified atom stereocenters. The molecule has 3 aliphatic heterocycles. The third-order valence-corrected chi connectivity index (χ3v) is 20.2. The van der Waals surface area contributed by atoms with Crippen molar-refractivity contribution in [2.75, 3.05) is 53.7 Å². The van der Waals surface area contributed by atoms with Crippen molar-refractivity contribution >= 4 is 109 Å². The Morgan fingerprint density at radius 1 is 0.536 bits per heavy atom. The molecule has 97 heavy (non-hydrogen) atoms. The number of carbonyl (C=O) groups excluding carboxylic acids is 8. The highest BCUT2D eigenvalue weighted by molar-refractivity contribution is 7.86. The van der Waals surface area contributed by atoms with Gasteiger partial charge in [-0.1, -0.05) is 63.8 Å². The van der Waals surface area contributed by atoms with Gasteiger partial charge < -0.3 is 41.6 Å². The van der Waals surface area contributed by atoms with Crippen LogP contribution in [-0.2, 0) is 105 Å². The zero-order chi connectivity index (χ0) is 72.2. The van der Waals surface area contributed by atoms with Crippen LogP contribution in [0.2, 0.25) is 0 Å². The maximum absolute atomic E-state index is 13.7. The molecule has 0 bridgehead atoms. The molecular weight excluding hydrogens is 1380 g/mol. The summed E-state index contributed by atoms with van der Waals surface area (Å²) in [5.74, 6) is -12.5. The number of hydrogen-bond donors (Lipinski definition) is 11. The molecule has 32 nitrogen and oxygen atoms in total. The summed E-state index contributed by atoms with van der Waals surface area (Å²) < 4.78 is 172. The zero-order valence-corrected chi connectivity index (χ0v) is 58.0. The van der Waals surface area contributed by atoms with Crippen LogP contribution in [0.3, 0.4) is 0 Å². The van der Waals surface area contributed by atoms with Crippen molar-refractivity contribution in [1.29, 1.82) is 0 Å². The molecule has 4 atom stereocenters. The summed E-state index contributed by atoms with van der Waals surface area (Å²) in [5.41, 5.74) is 0.996. The van der Waals surface area contributed by atoms with Gasteiger partial charge in [-0.2, -0.15) is 42.1 Å². The second kappa shape index (κ2) is 35.5. The van der Waals surface area contributed by atoms with Crippen LogP contribution >= 0.6 is 0 Å². The van der Waals surface area contributed by atoms with E-state index < -0.39 is 150 Å². The van der Waals surface area contributed by atoms with Gasteiger partial charge in [0.15, 0.2) is 0 Å². The SMILES string of the molecule is CC1(C)CC=CC=CC=C2N(CCCCCC(=O)ON3C(=O)CCC3=O)c3ccc(S(=O)(=O)O)cc3C2(C)CCCCCC(=O)NC(CS(=O)(=O)O)C(=O)NC(CS(=O)(=O)O)C(=O)NC(CS(=O)(=O)O)C(=O)NCCCCCNC(=O)CCCCCNc2ccc(S(=O)(=O)O)cc21. The van der Waals surface area contributed by atoms with Crippen LogP contribution in [0.4, 0.5) is 11.4 Å². The molecule has 2 aromatic rings. The number of hydroxylamine groups is 2. The Hall–Kier alpha value is -7.23. The summed E-state index contributed by atoms with van der Waals surface area (Å²) in [7, 11) is -24.9. The standard InChI is InChI=1S/C60H86N8O24S5/c1-59(2)30-14-5-4-10-20-50-60(3,44-37-42(97(89,90)91)25-27-49(44)67(50)35-19-8-13-23-55(73)92-68-53(71)28-29-54(68)72)31-15-6-11-22-52(70)64-47(39-94(80,81)82)57(75)66-48(40-95(83,84)85)58(76)65-46(38-93(77,78)79)56(74)63-34-18-9-17-33-62-51(69)21-12-7-16-32-61-45-26-24-41(36-43(45)59)96(86,87)88/h4-5,10,14,20,24-27,36-37,46-48,61H,6-9,11-13,15-19,21-23,28-35,38-40H2,1-3H3,(H,62,69)(H,63,74)(H,64,70)(H,65,76)(H,66,75)(H,77,78,79)(H,80,81,82)(H,83,84,85)(H,86,87,88)(H,89,90,91). The minimum absolute atomic E-state index is 0.0211. The molecule has 37 heteroatoms. The van der Waals surface area contributed by atoms with Crippen LogP contribution in [-0.4, -0.2) is 179 Å². The van der Waals surface area contributed by atoms with E-state index in [1.54, 1.807) is 30.4 Å². The second-order valence-electron chi connectivity index (χ2n) is 24.6. The van der Waals surface area contributed by atoms with Gasteiger partial charge in [-0.15, -0.1) is 5.06 Å². The molecule has 1 fully saturated rings. The van der Waals surface area contributed by atoms with E-state index >= 15 is 0 Å². The van der Waals surface area contributed by atoms with Gasteiger partial charge in [0.25, 0.3) is 62.4 Å². The predicted molar refractivity (Wildman–Crippen MR) is 352 cm³/mol. The molecule has 0 radical (unpaired) electrons. The number of nitrogens with one attached hydrogen (secondary N) is 6. The van der Waals surface area contributed by atoms with Gasteiger partial charge in [0.2, 0.25) is 29.5 Å². The lowest BCUT2D eigenvalue weighted by Crippen LogP contribution is -2.60. The fourth-order valence-electron chi connectivity index (χ4n) is 11.2. The fraction of sp³-hybridized carbons (Fsp3) is 0.567. The number of imide groups is 1. The Balaban J connectivity index is 1.47. The Morgan fingerprint density at radius 3 is 1.62 bits per heavy atom. The molecule has 540 valence electrons. The van der Waals surface area contributed by atoms with E-state index in [9.17, 15) is 103 Å². The first kappa shape index (κ1) is 80.5. The van der Waals surface area contributed by atoms with Gasteiger partial charge in [0.05, 0.1) is 9.79 Å². The monoisotopic (exact) mass is 1460 g/mol. The average molecular weight is 1460 g/mol. The van der Waals surface area contributed by atoms with E-state index in [1.165, 1.54) is 30.3 Å². The lowest BCUT2D eigenvalue weighted by Gasteiger charge is -2.30. The van der Waals surface area contributed by atoms with E-state index in [1.807, 2.05) is 42.4 Å². The Labute approximate surface area is 564 Å². The highest BCUT2D eigenvalue weighted by Gasteiger charge is 2.44. The summed E-state index contributed by atoms with van der Waals surface area (Å²) in [6, 6.07) is 1.45. The van der Waals surface area contributed by atoms with Crippen molar-refractivity contribution in [1.82, 2.24) is 31.6 Å². The van der Waals surface area contributed by atoms with Crippen molar-refractivity contribution in [3.8, 4) is 0 Å². The first-order valence-electron chi connectivity index (χ1n) is 31.3. The van der Waals surface area contributed by atoms with Crippen LogP contribution < -0.4 is 36.8 Å². The lowest BCUT2D eigenvalue weighted by atomic mass is 9.77. The van der Waals surface area contributed by atoms with Crippen molar-refractivity contribution in [3.05, 3.63) is 83.6 Å². The molecule has 11 N–H and O–H groups in total. The number of anilines is 2. The minimum atomic E-state index is -5.25. The van der Waals surface area contributed by atoms with E-state index in [4.69, 9.17) is 4.84 Å². The van der Waals surface area contributed by atoms with Crippen LogP contribution in [0, 0.1) is 0 Å². The van der Waals surface area contributed by atoms with Gasteiger partial charge in [-0.25, -0.2) is 4.79 Å². The average Bonchev–Trinajstić information content (AvgIpc) is 1.58. The molecular formula is C60H86N8O24S5. The predicted octanol–water partition coefficient (Wildman–Crippen LogP) is 3.25. The molecule has 1 saturated heterocycles. The van der Waals surface area contributed by atoms with Crippen LogP contribution in [0.25, 0.3) is 0 Å². The molecule has 7 amide bonds. The largest absolute Gasteiger partial charge is 0.385 e. The van der Waals surface area contributed by atoms with Crippen LogP contribution in [0.15, 0.2) is 82.3 Å². The van der Waals surface area contributed by atoms with Gasteiger partial charge in [0.1, 0.15) is 35.4 Å². The number of allylic oxidation sites excluding steroid dienone is 6. The Bertz CT molecular complexity index is 3900. The van der Waals surface area contributed by atoms with Crippen molar-refractivity contribution < 1.29 is 108 Å². The van der Waals surface area contributed by atoms with E-state index in [0.717, 1.165) is 0 Å². The second-order valence-corrected chi connectivity index (χ2v) is 32.0. The molecule has 2 aromatic carbocycles. The van der Waals surface area contributed by atoms with Gasteiger partial charge in [-0.3, -0.25) is 56.3 Å². The first-order valence-corrected chi connectivity index (χ1v) is 39.0. The highest BCUT2D eigenvalue weighted by atomic mass is 32.2. The third-order valence-electron chi connectivity index (χ3n) is 16.2. The summed E-state index contributed by atoms with van der Waals surface area (Å²) >= 11 is 0. The number of benzene rings is 2. The molecule has 0 aromatic heterocycles. The maximum Gasteiger partial charge on any atom is 0.333 e. The molecule has 3 heterocycles. The number of hydrogen-bond acceptors (Lipinski definition) is 21. The number of amides is 7. The normalized spacial score (nSPS) is 22.2. The van der Waals surface area contributed by atoms with Crippen LogP contribution in [0.1, 0.15) is 154 Å². The quantitative estimate of drug-likeness (QED) is 0.0692. The Kier molecular flexibility index (Phi) is 29.5. The minimum Gasteiger partial charge on any atom is -0.385 e. The Morgan fingerprint density at radius 2 is 1.04 bits per heavy atom. The number of nitrogens with zero attached hydrogens (tertiary/aromatic N) is 2. The summed E-state index contributed by atoms with van der Waals surface area (Å²) in [5, 5.41) is 14.8. The van der Waals surface area contributed by atoms with Crippen molar-refractivity contribution in [2.45, 2.75) is 182 Å². The summed E-state index contributed by atoms with van der Waals surface area (Å²) in [4.78, 5) is 110. The molecule has 3 aliphatic rings. The molecule has 5 rings (SSSR count). The number of rotatable bonds is 15. The van der Waals surface area contributed by atoms with E-state index in [-0.39, 0.29) is 94.6 Å². The topological polar surface area (TPSA) is 496 Å². The first-order chi connectivity index (χ1) is 45.2. The molecule has 0 aliphatic carbocycles. The summed E-state index contributed by atoms with van der Waals surface area (Å²) in [6.45, 7) is 6.41. The fourth-order valence-corrected chi connectivity index (χ4v) is 14.2. The van der Waals surface area contributed by atoms with Gasteiger partial charge >= 0.3 is 5.97 Å². The molecule has 0 saturated carbocycles. The number of carbonyl (C=O) groups is 8. The van der Waals surface area contributed by atoms with E-state index in [0.29, 0.717) is 91.2 Å². The summed E-state index contributed by atoms with van der Waals surface area (Å²) in [6.07, 6.45) is 13.3. The number of unbranched alkanes of at least 4 members (excludes halogenated alkanes) is 2.